The Hall–Kier alpha value is -1.31. The van der Waals surface area contributed by atoms with Gasteiger partial charge < -0.3 is 19.5 Å². The monoisotopic (exact) mass is 399 g/mol. The highest BCUT2D eigenvalue weighted by atomic mass is 35.5. The van der Waals surface area contributed by atoms with Crippen molar-refractivity contribution in [1.29, 1.82) is 0 Å². The van der Waals surface area contributed by atoms with Crippen LogP contribution >= 0.6 is 23.2 Å². The molecule has 2 aromatic rings. The second-order valence-corrected chi connectivity index (χ2v) is 6.94. The molecule has 0 unspecified atom stereocenters. The molecule has 1 N–H and O–H groups in total. The summed E-state index contributed by atoms with van der Waals surface area (Å²) in [5.74, 6) is 0.888. The van der Waals surface area contributed by atoms with E-state index in [1.54, 1.807) is 13.3 Å². The summed E-state index contributed by atoms with van der Waals surface area (Å²) in [6, 6.07) is 7.52. The molecule has 1 aliphatic heterocycles. The molecule has 0 aliphatic carbocycles. The number of hydrogen-bond acceptors (Lipinski definition) is 5. The number of aromatic nitrogens is 2. The van der Waals surface area contributed by atoms with Gasteiger partial charge in [-0.3, -0.25) is 0 Å². The smallest absolute Gasteiger partial charge is 0.211 e. The molecular formula is C18H23Cl2N3O3. The Balaban J connectivity index is 1.77. The molecular weight excluding hydrogens is 377 g/mol. The van der Waals surface area contributed by atoms with E-state index in [2.05, 4.69) is 10.4 Å². The number of methoxy groups -OCH3 is 1. The second-order valence-electron chi connectivity index (χ2n) is 6.12. The van der Waals surface area contributed by atoms with Crippen LogP contribution in [0.1, 0.15) is 11.7 Å². The van der Waals surface area contributed by atoms with Gasteiger partial charge in [0.25, 0.3) is 0 Å². The summed E-state index contributed by atoms with van der Waals surface area (Å²) < 4.78 is 18.8. The molecule has 1 aromatic carbocycles. The molecule has 0 bridgehead atoms. The molecule has 142 valence electrons. The molecule has 2 heterocycles. The Kier molecular flexibility index (Phi) is 7.16. The van der Waals surface area contributed by atoms with Crippen LogP contribution in [0.4, 0.5) is 0 Å². The first-order valence-corrected chi connectivity index (χ1v) is 9.35. The van der Waals surface area contributed by atoms with Gasteiger partial charge in [-0.2, -0.15) is 5.10 Å². The maximum atomic E-state index is 6.21. The van der Waals surface area contributed by atoms with Crippen molar-refractivity contribution in [3.8, 4) is 5.88 Å². The van der Waals surface area contributed by atoms with Crippen LogP contribution in [0.2, 0.25) is 10.0 Å². The van der Waals surface area contributed by atoms with Crippen LogP contribution in [0.3, 0.4) is 0 Å². The zero-order valence-corrected chi connectivity index (χ0v) is 16.2. The minimum absolute atomic E-state index is 0.101. The molecule has 1 aliphatic rings. The zero-order chi connectivity index (χ0) is 18.4. The Morgan fingerprint density at radius 1 is 1.27 bits per heavy atom. The minimum Gasteiger partial charge on any atom is -0.475 e. The van der Waals surface area contributed by atoms with Crippen molar-refractivity contribution >= 4 is 23.2 Å². The van der Waals surface area contributed by atoms with E-state index in [0.29, 0.717) is 36.4 Å². The van der Waals surface area contributed by atoms with Crippen LogP contribution in [-0.4, -0.2) is 49.8 Å². The number of benzene rings is 1. The first-order chi connectivity index (χ1) is 12.7. The molecule has 1 saturated heterocycles. The van der Waals surface area contributed by atoms with Gasteiger partial charge in [-0.1, -0.05) is 29.3 Å². The highest BCUT2D eigenvalue weighted by Crippen LogP contribution is 2.33. The van der Waals surface area contributed by atoms with Crippen LogP contribution < -0.4 is 10.1 Å². The average molecular weight is 400 g/mol. The van der Waals surface area contributed by atoms with E-state index in [1.807, 2.05) is 28.9 Å². The van der Waals surface area contributed by atoms with Crippen molar-refractivity contribution in [3.63, 3.8) is 0 Å². The maximum absolute atomic E-state index is 6.21. The summed E-state index contributed by atoms with van der Waals surface area (Å²) >= 11 is 12.3. The third-order valence-electron chi connectivity index (χ3n) is 4.31. The summed E-state index contributed by atoms with van der Waals surface area (Å²) in [6.07, 6.45) is 1.64. The molecule has 0 spiro atoms. The van der Waals surface area contributed by atoms with Crippen molar-refractivity contribution in [2.75, 3.05) is 40.0 Å². The van der Waals surface area contributed by atoms with E-state index in [1.165, 1.54) is 0 Å². The lowest BCUT2D eigenvalue weighted by molar-refractivity contribution is 0.0232. The average Bonchev–Trinajstić information content (AvgIpc) is 2.94. The van der Waals surface area contributed by atoms with Crippen molar-refractivity contribution in [2.45, 2.75) is 12.6 Å². The third-order valence-corrected chi connectivity index (χ3v) is 5.04. The van der Waals surface area contributed by atoms with Gasteiger partial charge in [0.1, 0.15) is 6.61 Å². The molecule has 0 saturated carbocycles. The van der Waals surface area contributed by atoms with Crippen LogP contribution in [0.15, 0.2) is 30.5 Å². The first-order valence-electron chi connectivity index (χ1n) is 8.60. The molecule has 8 heteroatoms. The van der Waals surface area contributed by atoms with Crippen molar-refractivity contribution in [3.05, 3.63) is 46.1 Å². The molecule has 1 fully saturated rings. The lowest BCUT2D eigenvalue weighted by atomic mass is 9.95. The summed E-state index contributed by atoms with van der Waals surface area (Å²) in [5, 5.41) is 8.90. The minimum atomic E-state index is -0.101. The van der Waals surface area contributed by atoms with E-state index in [4.69, 9.17) is 37.4 Å². The van der Waals surface area contributed by atoms with Gasteiger partial charge in [0.05, 0.1) is 42.1 Å². The molecule has 0 radical (unpaired) electrons. The Labute approximate surface area is 163 Å². The number of halogens is 2. The molecule has 1 aromatic heterocycles. The van der Waals surface area contributed by atoms with E-state index >= 15 is 0 Å². The van der Waals surface area contributed by atoms with Crippen LogP contribution in [0, 0.1) is 5.92 Å². The Morgan fingerprint density at radius 2 is 2.15 bits per heavy atom. The number of hydrogen-bond donors (Lipinski definition) is 1. The van der Waals surface area contributed by atoms with Gasteiger partial charge in [0, 0.05) is 32.2 Å². The molecule has 3 rings (SSSR count). The van der Waals surface area contributed by atoms with Gasteiger partial charge in [-0.25, -0.2) is 4.68 Å². The lowest BCUT2D eigenvalue weighted by Gasteiger charge is -2.26. The molecule has 0 amide bonds. The first kappa shape index (κ1) is 19.5. The fourth-order valence-corrected chi connectivity index (χ4v) is 3.35. The maximum Gasteiger partial charge on any atom is 0.211 e. The predicted molar refractivity (Wildman–Crippen MR) is 101 cm³/mol. The van der Waals surface area contributed by atoms with Gasteiger partial charge in [0.2, 0.25) is 5.88 Å². The predicted octanol–water partition coefficient (Wildman–Crippen LogP) is 3.19. The van der Waals surface area contributed by atoms with Crippen molar-refractivity contribution < 1.29 is 14.2 Å². The SMILES string of the molecule is COCCOc1ccnn1C[C@@H]1CNCCO[C@H]1c1ccc(Cl)c(Cl)c1. The summed E-state index contributed by atoms with van der Waals surface area (Å²) in [7, 11) is 1.65. The largest absolute Gasteiger partial charge is 0.475 e. The number of nitrogens with one attached hydrogen (secondary N) is 1. The molecule has 26 heavy (non-hydrogen) atoms. The van der Waals surface area contributed by atoms with E-state index < -0.39 is 0 Å². The number of rotatable bonds is 7. The van der Waals surface area contributed by atoms with Crippen molar-refractivity contribution in [2.24, 2.45) is 5.92 Å². The van der Waals surface area contributed by atoms with E-state index in [0.717, 1.165) is 24.5 Å². The van der Waals surface area contributed by atoms with Crippen molar-refractivity contribution in [1.82, 2.24) is 15.1 Å². The third kappa shape index (κ3) is 4.90. The standard InChI is InChI=1S/C18H23Cl2N3O3/c1-24-8-9-25-17-4-5-22-23(17)12-14-11-21-6-7-26-18(14)13-2-3-15(19)16(20)10-13/h2-5,10,14,18,21H,6-9,11-12H2,1H3/t14-,18-/m0/s1. The van der Waals surface area contributed by atoms with Crippen LogP contribution in [0.25, 0.3) is 0 Å². The van der Waals surface area contributed by atoms with Crippen LogP contribution in [0.5, 0.6) is 5.88 Å². The topological polar surface area (TPSA) is 57.5 Å². The number of nitrogens with zero attached hydrogens (tertiary/aromatic N) is 2. The summed E-state index contributed by atoms with van der Waals surface area (Å²) in [6.45, 7) is 3.93. The second kappa shape index (κ2) is 9.58. The van der Waals surface area contributed by atoms with Gasteiger partial charge in [-0.05, 0) is 17.7 Å². The molecule has 6 nitrogen and oxygen atoms in total. The summed E-state index contributed by atoms with van der Waals surface area (Å²) in [5.41, 5.74) is 1.02. The van der Waals surface area contributed by atoms with Crippen LogP contribution in [-0.2, 0) is 16.0 Å². The lowest BCUT2D eigenvalue weighted by Crippen LogP contribution is -2.29. The molecule has 2 atom stereocenters. The highest BCUT2D eigenvalue weighted by molar-refractivity contribution is 6.42. The van der Waals surface area contributed by atoms with Gasteiger partial charge in [0.15, 0.2) is 0 Å². The van der Waals surface area contributed by atoms with Gasteiger partial charge >= 0.3 is 0 Å². The normalized spacial score (nSPS) is 20.7. The number of ether oxygens (including phenoxy) is 3. The zero-order valence-electron chi connectivity index (χ0n) is 14.7. The fourth-order valence-electron chi connectivity index (χ4n) is 3.04. The fraction of sp³-hybridized carbons (Fsp3) is 0.500. The quantitative estimate of drug-likeness (QED) is 0.724. The van der Waals surface area contributed by atoms with E-state index in [-0.39, 0.29) is 12.0 Å². The van der Waals surface area contributed by atoms with Gasteiger partial charge in [-0.15, -0.1) is 0 Å². The Morgan fingerprint density at radius 3 is 2.96 bits per heavy atom. The summed E-state index contributed by atoms with van der Waals surface area (Å²) in [4.78, 5) is 0. The highest BCUT2D eigenvalue weighted by Gasteiger charge is 2.28. The Bertz CT molecular complexity index is 711. The van der Waals surface area contributed by atoms with E-state index in [9.17, 15) is 0 Å².